The topological polar surface area (TPSA) is 53.3 Å². The third-order valence-electron chi connectivity index (χ3n) is 3.16. The van der Waals surface area contributed by atoms with Gasteiger partial charge in [-0.1, -0.05) is 17.7 Å². The molecule has 1 aliphatic rings. The zero-order valence-corrected chi connectivity index (χ0v) is 11.5. The number of benzene rings is 1. The van der Waals surface area contributed by atoms with E-state index in [9.17, 15) is 4.79 Å². The van der Waals surface area contributed by atoms with Gasteiger partial charge in [0.05, 0.1) is 5.02 Å². The molecule has 0 aliphatic carbocycles. The van der Waals surface area contributed by atoms with Gasteiger partial charge in [0, 0.05) is 13.1 Å². The molecule has 1 fully saturated rings. The lowest BCUT2D eigenvalue weighted by atomic mass is 10.2. The number of hydrogen-bond acceptors (Lipinski definition) is 3. The lowest BCUT2D eigenvalue weighted by molar-refractivity contribution is -0.136. The molecule has 1 atom stereocenters. The summed E-state index contributed by atoms with van der Waals surface area (Å²) in [5.41, 5.74) is 0.269. The lowest BCUT2D eigenvalue weighted by Gasteiger charge is -2.21. The van der Waals surface area contributed by atoms with Crippen molar-refractivity contribution < 1.29 is 9.53 Å². The number of hydrogen-bond donors (Lipinski definition) is 0. The molecule has 0 radical (unpaired) electrons. The van der Waals surface area contributed by atoms with Crippen LogP contribution < -0.4 is 4.74 Å². The number of nitrogens with zero attached hydrogens (tertiary/aromatic N) is 2. The highest BCUT2D eigenvalue weighted by Crippen LogP contribution is 2.26. The molecule has 0 saturated carbocycles. The smallest absolute Gasteiger partial charge is 0.263 e. The van der Waals surface area contributed by atoms with Crippen molar-refractivity contribution in [2.75, 3.05) is 13.1 Å². The Labute approximate surface area is 117 Å². The summed E-state index contributed by atoms with van der Waals surface area (Å²) in [5.74, 6) is 0.316. The molecule has 100 valence electrons. The summed E-state index contributed by atoms with van der Waals surface area (Å²) < 4.78 is 5.59. The van der Waals surface area contributed by atoms with E-state index in [0.29, 0.717) is 10.8 Å². The fourth-order valence-corrected chi connectivity index (χ4v) is 2.35. The summed E-state index contributed by atoms with van der Waals surface area (Å²) in [6, 6.07) is 6.97. The second-order valence-corrected chi connectivity index (χ2v) is 4.92. The first-order valence-corrected chi connectivity index (χ1v) is 6.65. The van der Waals surface area contributed by atoms with Crippen molar-refractivity contribution in [3.63, 3.8) is 0 Å². The Morgan fingerprint density at radius 2 is 2.16 bits per heavy atom. The van der Waals surface area contributed by atoms with Crippen LogP contribution in [0, 0.1) is 11.3 Å². The van der Waals surface area contributed by atoms with Gasteiger partial charge in [0.2, 0.25) is 0 Å². The molecule has 0 spiro atoms. The maximum absolute atomic E-state index is 12.1. The summed E-state index contributed by atoms with van der Waals surface area (Å²) in [5, 5.41) is 9.39. The highest BCUT2D eigenvalue weighted by molar-refractivity contribution is 6.31. The van der Waals surface area contributed by atoms with Gasteiger partial charge in [0.25, 0.3) is 5.91 Å². The van der Waals surface area contributed by atoms with Gasteiger partial charge in [-0.15, -0.1) is 0 Å². The van der Waals surface area contributed by atoms with E-state index < -0.39 is 6.10 Å². The Hall–Kier alpha value is -1.73. The molecule has 2 rings (SSSR count). The number of amides is 1. The van der Waals surface area contributed by atoms with Crippen molar-refractivity contribution in [3.05, 3.63) is 28.8 Å². The van der Waals surface area contributed by atoms with Crippen molar-refractivity contribution >= 4 is 17.5 Å². The molecule has 1 saturated heterocycles. The standard InChI is InChI=1S/C14H15ClN2O2/c1-10(14(18)17-7-2-3-8-17)19-13-6-4-5-12(15)11(13)9-16/h4-6,10H,2-3,7-8H2,1H3. The maximum Gasteiger partial charge on any atom is 0.263 e. The van der Waals surface area contributed by atoms with E-state index in [0.717, 1.165) is 25.9 Å². The predicted octanol–water partition coefficient (Wildman–Crippen LogP) is 2.60. The first-order chi connectivity index (χ1) is 9.13. The monoisotopic (exact) mass is 278 g/mol. The van der Waals surface area contributed by atoms with Gasteiger partial charge in [0.15, 0.2) is 6.10 Å². The van der Waals surface area contributed by atoms with Crippen molar-refractivity contribution in [2.45, 2.75) is 25.9 Å². The second-order valence-electron chi connectivity index (χ2n) is 4.52. The van der Waals surface area contributed by atoms with Gasteiger partial charge in [-0.05, 0) is 31.9 Å². The van der Waals surface area contributed by atoms with Crippen molar-refractivity contribution in [1.82, 2.24) is 4.90 Å². The predicted molar refractivity (Wildman–Crippen MR) is 72.1 cm³/mol. The van der Waals surface area contributed by atoms with Gasteiger partial charge in [0.1, 0.15) is 17.4 Å². The van der Waals surface area contributed by atoms with Gasteiger partial charge in [-0.2, -0.15) is 5.26 Å². The molecule has 19 heavy (non-hydrogen) atoms. The first-order valence-electron chi connectivity index (χ1n) is 6.27. The SMILES string of the molecule is CC(Oc1cccc(Cl)c1C#N)C(=O)N1CCCC1. The quantitative estimate of drug-likeness (QED) is 0.854. The fraction of sp³-hybridized carbons (Fsp3) is 0.429. The summed E-state index contributed by atoms with van der Waals surface area (Å²) in [4.78, 5) is 13.9. The summed E-state index contributed by atoms with van der Waals surface area (Å²) in [6.07, 6.45) is 1.47. The third-order valence-corrected chi connectivity index (χ3v) is 3.47. The number of carbonyl (C=O) groups excluding carboxylic acids is 1. The average molecular weight is 279 g/mol. The van der Waals surface area contributed by atoms with E-state index in [-0.39, 0.29) is 11.5 Å². The van der Waals surface area contributed by atoms with Crippen LogP contribution in [-0.2, 0) is 4.79 Å². The Morgan fingerprint density at radius 3 is 2.79 bits per heavy atom. The number of rotatable bonds is 3. The van der Waals surface area contributed by atoms with E-state index in [1.807, 2.05) is 6.07 Å². The van der Waals surface area contributed by atoms with Crippen molar-refractivity contribution in [2.24, 2.45) is 0 Å². The highest BCUT2D eigenvalue weighted by atomic mass is 35.5. The van der Waals surface area contributed by atoms with Crippen LogP contribution in [0.15, 0.2) is 18.2 Å². The summed E-state index contributed by atoms with van der Waals surface area (Å²) >= 11 is 5.92. The van der Waals surface area contributed by atoms with Crippen LogP contribution >= 0.6 is 11.6 Å². The zero-order chi connectivity index (χ0) is 13.8. The van der Waals surface area contributed by atoms with Gasteiger partial charge >= 0.3 is 0 Å². The van der Waals surface area contributed by atoms with Crippen molar-refractivity contribution in [3.8, 4) is 11.8 Å². The number of ether oxygens (including phenoxy) is 1. The normalized spacial score (nSPS) is 15.9. The summed E-state index contributed by atoms with van der Waals surface area (Å²) in [7, 11) is 0. The molecule has 4 nitrogen and oxygen atoms in total. The third kappa shape index (κ3) is 2.99. The minimum Gasteiger partial charge on any atom is -0.479 e. The Balaban J connectivity index is 2.10. The number of carbonyl (C=O) groups is 1. The molecule has 0 aromatic heterocycles. The van der Waals surface area contributed by atoms with Crippen LogP contribution in [0.3, 0.4) is 0 Å². The minimum atomic E-state index is -0.608. The molecule has 0 bridgehead atoms. The molecule has 5 heteroatoms. The number of likely N-dealkylation sites (tertiary alicyclic amines) is 1. The molecule has 1 aromatic carbocycles. The van der Waals surface area contributed by atoms with Gasteiger partial charge < -0.3 is 9.64 Å². The second kappa shape index (κ2) is 5.94. The molecule has 1 aliphatic heterocycles. The molecular formula is C14H15ClN2O2. The molecular weight excluding hydrogens is 264 g/mol. The van der Waals surface area contributed by atoms with Crippen LogP contribution in [-0.4, -0.2) is 30.0 Å². The molecule has 1 aromatic rings. The molecule has 0 N–H and O–H groups in total. The molecule has 1 amide bonds. The Bertz CT molecular complexity index is 519. The van der Waals surface area contributed by atoms with E-state index in [4.69, 9.17) is 21.6 Å². The van der Waals surface area contributed by atoms with Crippen LogP contribution in [0.4, 0.5) is 0 Å². The molecule has 1 unspecified atom stereocenters. The Morgan fingerprint density at radius 1 is 1.47 bits per heavy atom. The van der Waals surface area contributed by atoms with Crippen molar-refractivity contribution in [1.29, 1.82) is 5.26 Å². The lowest BCUT2D eigenvalue weighted by Crippen LogP contribution is -2.38. The van der Waals surface area contributed by atoms with E-state index >= 15 is 0 Å². The van der Waals surface area contributed by atoms with Crippen LogP contribution in [0.25, 0.3) is 0 Å². The van der Waals surface area contributed by atoms with E-state index in [1.54, 1.807) is 30.0 Å². The minimum absolute atomic E-state index is 0.0404. The maximum atomic E-state index is 12.1. The van der Waals surface area contributed by atoms with Gasteiger partial charge in [-0.25, -0.2) is 0 Å². The number of halogens is 1. The van der Waals surface area contributed by atoms with Gasteiger partial charge in [-0.3, -0.25) is 4.79 Å². The van der Waals surface area contributed by atoms with Crippen LogP contribution in [0.5, 0.6) is 5.75 Å². The number of nitriles is 1. The summed E-state index contributed by atoms with van der Waals surface area (Å²) in [6.45, 7) is 3.27. The van der Waals surface area contributed by atoms with E-state index in [1.165, 1.54) is 0 Å². The largest absolute Gasteiger partial charge is 0.479 e. The van der Waals surface area contributed by atoms with E-state index in [2.05, 4.69) is 0 Å². The fourth-order valence-electron chi connectivity index (χ4n) is 2.15. The molecule has 1 heterocycles. The Kier molecular flexibility index (Phi) is 4.28. The van der Waals surface area contributed by atoms with Crippen LogP contribution in [0.1, 0.15) is 25.3 Å². The zero-order valence-electron chi connectivity index (χ0n) is 10.7. The average Bonchev–Trinajstić information content (AvgIpc) is 2.92. The highest BCUT2D eigenvalue weighted by Gasteiger charge is 2.25. The van der Waals surface area contributed by atoms with Crippen LogP contribution in [0.2, 0.25) is 5.02 Å². The first kappa shape index (κ1) is 13.7.